The quantitative estimate of drug-likeness (QED) is 0.413. The molecule has 0 aliphatic heterocycles. The number of sulfonamides is 1. The summed E-state index contributed by atoms with van der Waals surface area (Å²) in [5.41, 5.74) is 1.05. The predicted molar refractivity (Wildman–Crippen MR) is 98.6 cm³/mol. The van der Waals surface area contributed by atoms with E-state index in [4.69, 9.17) is 11.6 Å². The molecular weight excluding hydrogens is 330 g/mol. The van der Waals surface area contributed by atoms with Gasteiger partial charge in [-0.05, 0) is 25.5 Å². The van der Waals surface area contributed by atoms with Gasteiger partial charge in [-0.25, -0.2) is 8.42 Å². The van der Waals surface area contributed by atoms with Crippen molar-refractivity contribution < 1.29 is 8.42 Å². The summed E-state index contributed by atoms with van der Waals surface area (Å²) in [6.45, 7) is 4.50. The second kappa shape index (κ2) is 10.3. The van der Waals surface area contributed by atoms with E-state index >= 15 is 0 Å². The molecule has 1 unspecified atom stereocenters. The van der Waals surface area contributed by atoms with E-state index < -0.39 is 10.0 Å². The first kappa shape index (κ1) is 20.5. The van der Waals surface area contributed by atoms with Crippen LogP contribution in [-0.4, -0.2) is 31.7 Å². The summed E-state index contributed by atoms with van der Waals surface area (Å²) in [4.78, 5) is 0.328. The van der Waals surface area contributed by atoms with Gasteiger partial charge in [0.1, 0.15) is 0 Å². The lowest BCUT2D eigenvalue weighted by molar-refractivity contribution is 0.451. The van der Waals surface area contributed by atoms with Crippen LogP contribution in [0.2, 0.25) is 0 Å². The Morgan fingerprint density at radius 2 is 1.61 bits per heavy atom. The molecule has 1 rings (SSSR count). The van der Waals surface area contributed by atoms with Crippen LogP contribution in [0.3, 0.4) is 0 Å². The first-order valence-electron chi connectivity index (χ1n) is 8.55. The summed E-state index contributed by atoms with van der Waals surface area (Å²) in [5.74, 6) is 0. The van der Waals surface area contributed by atoms with Crippen LogP contribution in [-0.2, 0) is 10.0 Å². The monoisotopic (exact) mass is 359 g/mol. The Bertz CT molecular complexity index is 543. The molecule has 23 heavy (non-hydrogen) atoms. The highest BCUT2D eigenvalue weighted by Crippen LogP contribution is 2.18. The number of nitrogens with zero attached hydrogens (tertiary/aromatic N) is 1. The van der Waals surface area contributed by atoms with Crippen LogP contribution in [0.15, 0.2) is 29.2 Å². The van der Waals surface area contributed by atoms with Gasteiger partial charge in [-0.15, -0.1) is 11.6 Å². The maximum absolute atomic E-state index is 12.5. The molecule has 0 spiro atoms. The molecule has 0 fully saturated rings. The third-order valence-electron chi connectivity index (χ3n) is 4.06. The minimum absolute atomic E-state index is 0.133. The fourth-order valence-corrected chi connectivity index (χ4v) is 4.16. The minimum atomic E-state index is -3.44. The average molecular weight is 360 g/mol. The molecule has 0 aromatic heterocycles. The molecular formula is C18H30ClNO2S. The van der Waals surface area contributed by atoms with Crippen LogP contribution < -0.4 is 0 Å². The molecule has 0 aliphatic rings. The molecule has 0 bridgehead atoms. The lowest BCUT2D eigenvalue weighted by Crippen LogP contribution is -2.32. The molecule has 0 amide bonds. The van der Waals surface area contributed by atoms with Crippen molar-refractivity contribution in [2.75, 3.05) is 13.6 Å². The molecule has 0 N–H and O–H groups in total. The summed E-state index contributed by atoms with van der Waals surface area (Å²) in [6, 6.07) is 6.93. The lowest BCUT2D eigenvalue weighted by Gasteiger charge is -2.20. The second-order valence-corrected chi connectivity index (χ2v) is 8.91. The highest BCUT2D eigenvalue weighted by Gasteiger charge is 2.22. The molecule has 1 atom stereocenters. The number of benzene rings is 1. The topological polar surface area (TPSA) is 37.4 Å². The predicted octanol–water partition coefficient (Wildman–Crippen LogP) is 4.97. The number of halogens is 1. The van der Waals surface area contributed by atoms with E-state index in [2.05, 4.69) is 6.92 Å². The van der Waals surface area contributed by atoms with E-state index in [-0.39, 0.29) is 5.38 Å². The van der Waals surface area contributed by atoms with Crippen LogP contribution in [0.25, 0.3) is 0 Å². The van der Waals surface area contributed by atoms with E-state index in [1.807, 2.05) is 19.1 Å². The van der Waals surface area contributed by atoms with Gasteiger partial charge in [-0.2, -0.15) is 4.31 Å². The van der Waals surface area contributed by atoms with Gasteiger partial charge in [0.05, 0.1) is 4.90 Å². The Hall–Kier alpha value is -0.580. The van der Waals surface area contributed by atoms with E-state index in [0.29, 0.717) is 11.4 Å². The Morgan fingerprint density at radius 3 is 2.22 bits per heavy atom. The highest BCUT2D eigenvalue weighted by atomic mass is 35.5. The van der Waals surface area contributed by atoms with Crippen molar-refractivity contribution in [2.45, 2.75) is 69.1 Å². The van der Waals surface area contributed by atoms with Crippen LogP contribution in [0.5, 0.6) is 0 Å². The third kappa shape index (κ3) is 7.23. The van der Waals surface area contributed by atoms with Crippen molar-refractivity contribution in [1.29, 1.82) is 0 Å². The lowest BCUT2D eigenvalue weighted by atomic mass is 10.1. The molecule has 0 heterocycles. The summed E-state index contributed by atoms with van der Waals surface area (Å²) in [5, 5.41) is -0.133. The summed E-state index contributed by atoms with van der Waals surface area (Å²) in [6.07, 6.45) is 8.18. The SMILES string of the molecule is CCCCCCCCC(Cl)CN(C)S(=O)(=O)c1ccc(C)cc1. The Labute approximate surface area is 147 Å². The van der Waals surface area contributed by atoms with Crippen molar-refractivity contribution in [1.82, 2.24) is 4.31 Å². The third-order valence-corrected chi connectivity index (χ3v) is 6.25. The molecule has 5 heteroatoms. The molecule has 3 nitrogen and oxygen atoms in total. The molecule has 1 aromatic rings. The Kier molecular flexibility index (Phi) is 9.18. The molecule has 132 valence electrons. The van der Waals surface area contributed by atoms with Crippen molar-refractivity contribution in [2.24, 2.45) is 0 Å². The average Bonchev–Trinajstić information content (AvgIpc) is 2.51. The summed E-state index contributed by atoms with van der Waals surface area (Å²) < 4.78 is 26.4. The van der Waals surface area contributed by atoms with Crippen molar-refractivity contribution in [3.05, 3.63) is 29.8 Å². The fourth-order valence-electron chi connectivity index (χ4n) is 2.50. The first-order valence-corrected chi connectivity index (χ1v) is 10.4. The van der Waals surface area contributed by atoms with Crippen molar-refractivity contribution in [3.8, 4) is 0 Å². The van der Waals surface area contributed by atoms with Gasteiger partial charge in [-0.1, -0.05) is 63.1 Å². The second-order valence-electron chi connectivity index (χ2n) is 6.25. The first-order chi connectivity index (χ1) is 10.9. The highest BCUT2D eigenvalue weighted by molar-refractivity contribution is 7.89. The van der Waals surface area contributed by atoms with Crippen LogP contribution in [0.4, 0.5) is 0 Å². The molecule has 0 radical (unpaired) electrons. The summed E-state index contributed by atoms with van der Waals surface area (Å²) >= 11 is 6.33. The number of hydrogen-bond acceptors (Lipinski definition) is 2. The Balaban J connectivity index is 2.41. The molecule has 0 saturated carbocycles. The number of alkyl halides is 1. The molecule has 0 saturated heterocycles. The smallest absolute Gasteiger partial charge is 0.207 e. The van der Waals surface area contributed by atoms with E-state index in [1.165, 1.54) is 36.4 Å². The van der Waals surface area contributed by atoms with Crippen LogP contribution >= 0.6 is 11.6 Å². The maximum atomic E-state index is 12.5. The fraction of sp³-hybridized carbons (Fsp3) is 0.667. The Morgan fingerprint density at radius 1 is 1.04 bits per heavy atom. The largest absolute Gasteiger partial charge is 0.242 e. The standard InChI is InChI=1S/C18H30ClNO2S/c1-4-5-6-7-8-9-10-17(19)15-20(3)23(21,22)18-13-11-16(2)12-14-18/h11-14,17H,4-10,15H2,1-3H3. The zero-order valence-electron chi connectivity index (χ0n) is 14.6. The zero-order valence-corrected chi connectivity index (χ0v) is 16.2. The van der Waals surface area contributed by atoms with Crippen LogP contribution in [0.1, 0.15) is 57.4 Å². The zero-order chi connectivity index (χ0) is 17.3. The van der Waals surface area contributed by atoms with Crippen LogP contribution in [0, 0.1) is 6.92 Å². The molecule has 1 aromatic carbocycles. The van der Waals surface area contributed by atoms with Gasteiger partial charge in [0.15, 0.2) is 0 Å². The minimum Gasteiger partial charge on any atom is -0.207 e. The maximum Gasteiger partial charge on any atom is 0.242 e. The number of hydrogen-bond donors (Lipinski definition) is 0. The van der Waals surface area contributed by atoms with Gasteiger partial charge < -0.3 is 0 Å². The van der Waals surface area contributed by atoms with Gasteiger partial charge in [0, 0.05) is 19.0 Å². The normalized spacial score (nSPS) is 13.4. The van der Waals surface area contributed by atoms with Gasteiger partial charge in [0.25, 0.3) is 0 Å². The van der Waals surface area contributed by atoms with Gasteiger partial charge in [0.2, 0.25) is 10.0 Å². The summed E-state index contributed by atoms with van der Waals surface area (Å²) in [7, 11) is -1.84. The van der Waals surface area contributed by atoms with Gasteiger partial charge >= 0.3 is 0 Å². The molecule has 0 aliphatic carbocycles. The number of aryl methyl sites for hydroxylation is 1. The van der Waals surface area contributed by atoms with E-state index in [9.17, 15) is 8.42 Å². The van der Waals surface area contributed by atoms with Gasteiger partial charge in [-0.3, -0.25) is 0 Å². The van der Waals surface area contributed by atoms with Crippen molar-refractivity contribution in [3.63, 3.8) is 0 Å². The number of rotatable bonds is 11. The van der Waals surface area contributed by atoms with E-state index in [1.54, 1.807) is 19.2 Å². The van der Waals surface area contributed by atoms with Crippen molar-refractivity contribution >= 4 is 21.6 Å². The number of unbranched alkanes of at least 4 members (excludes halogenated alkanes) is 5. The van der Waals surface area contributed by atoms with E-state index in [0.717, 1.165) is 18.4 Å².